The van der Waals surface area contributed by atoms with Gasteiger partial charge in [0.25, 0.3) is 0 Å². The third-order valence-electron chi connectivity index (χ3n) is 3.63. The third-order valence-corrected chi connectivity index (χ3v) is 3.63. The van der Waals surface area contributed by atoms with Gasteiger partial charge in [0.05, 0.1) is 20.3 Å². The van der Waals surface area contributed by atoms with Gasteiger partial charge in [0.1, 0.15) is 11.6 Å². The van der Waals surface area contributed by atoms with Crippen LogP contribution < -0.4 is 4.74 Å². The van der Waals surface area contributed by atoms with Crippen LogP contribution in [-0.4, -0.2) is 41.8 Å². The van der Waals surface area contributed by atoms with Crippen LogP contribution in [0.2, 0.25) is 0 Å². The highest BCUT2D eigenvalue weighted by atomic mass is 16.5. The lowest BCUT2D eigenvalue weighted by molar-refractivity contribution is 0.184. The largest absolute Gasteiger partial charge is 0.497 e. The number of ether oxygens (including phenoxy) is 2. The average Bonchev–Trinajstić information content (AvgIpc) is 3.00. The standard InChI is InChI=1S/C18H25N3O2/c1-4-9-20(14-16-6-5-7-17(13-16)23-3)15-18-19-8-10-21(18)11-12-22-2/h4-8,10,13H,1,9,11-12,14-15H2,2-3H3. The molecule has 0 amide bonds. The summed E-state index contributed by atoms with van der Waals surface area (Å²) >= 11 is 0. The molecule has 0 atom stereocenters. The molecular weight excluding hydrogens is 290 g/mol. The second kappa shape index (κ2) is 9.12. The van der Waals surface area contributed by atoms with Gasteiger partial charge in [0.2, 0.25) is 0 Å². The van der Waals surface area contributed by atoms with Crippen molar-refractivity contribution < 1.29 is 9.47 Å². The molecule has 5 nitrogen and oxygen atoms in total. The lowest BCUT2D eigenvalue weighted by atomic mass is 10.2. The molecule has 0 spiro atoms. The van der Waals surface area contributed by atoms with Crippen LogP contribution >= 0.6 is 0 Å². The normalized spacial score (nSPS) is 10.9. The highest BCUT2D eigenvalue weighted by Gasteiger charge is 2.10. The Morgan fingerprint density at radius 1 is 1.30 bits per heavy atom. The zero-order valence-corrected chi connectivity index (χ0v) is 13.9. The first-order valence-electron chi connectivity index (χ1n) is 7.72. The molecule has 0 N–H and O–H groups in total. The van der Waals surface area contributed by atoms with Crippen LogP contribution in [0.1, 0.15) is 11.4 Å². The van der Waals surface area contributed by atoms with Crippen LogP contribution in [0, 0.1) is 0 Å². The Labute approximate surface area is 138 Å². The number of nitrogens with zero attached hydrogens (tertiary/aromatic N) is 3. The first-order chi connectivity index (χ1) is 11.3. The van der Waals surface area contributed by atoms with Gasteiger partial charge in [-0.05, 0) is 17.7 Å². The van der Waals surface area contributed by atoms with Crippen molar-refractivity contribution >= 4 is 0 Å². The summed E-state index contributed by atoms with van der Waals surface area (Å²) in [5.41, 5.74) is 1.21. The van der Waals surface area contributed by atoms with Crippen molar-refractivity contribution in [1.82, 2.24) is 14.5 Å². The van der Waals surface area contributed by atoms with E-state index in [9.17, 15) is 0 Å². The fraction of sp³-hybridized carbons (Fsp3) is 0.389. The van der Waals surface area contributed by atoms with E-state index in [1.807, 2.05) is 30.6 Å². The molecule has 1 heterocycles. The molecule has 0 aliphatic heterocycles. The highest BCUT2D eigenvalue weighted by molar-refractivity contribution is 5.28. The van der Waals surface area contributed by atoms with Crippen molar-refractivity contribution in [2.75, 3.05) is 27.4 Å². The van der Waals surface area contributed by atoms with Gasteiger partial charge in [0, 0.05) is 39.1 Å². The SMILES string of the molecule is C=CCN(Cc1cccc(OC)c1)Cc1nccn1CCOC. The maximum Gasteiger partial charge on any atom is 0.122 e. The number of rotatable bonds is 10. The van der Waals surface area contributed by atoms with Gasteiger partial charge >= 0.3 is 0 Å². The molecule has 5 heteroatoms. The maximum atomic E-state index is 5.30. The molecule has 0 radical (unpaired) electrons. The molecule has 0 fully saturated rings. The molecule has 0 bridgehead atoms. The van der Waals surface area contributed by atoms with E-state index in [-0.39, 0.29) is 0 Å². The summed E-state index contributed by atoms with van der Waals surface area (Å²) in [7, 11) is 3.40. The van der Waals surface area contributed by atoms with E-state index in [0.717, 1.165) is 37.8 Å². The zero-order chi connectivity index (χ0) is 16.5. The first-order valence-corrected chi connectivity index (χ1v) is 7.72. The summed E-state index contributed by atoms with van der Waals surface area (Å²) in [6.07, 6.45) is 5.75. The summed E-state index contributed by atoms with van der Waals surface area (Å²) in [5.74, 6) is 1.91. The minimum absolute atomic E-state index is 0.681. The Morgan fingerprint density at radius 3 is 2.91 bits per heavy atom. The Balaban J connectivity index is 2.06. The number of aromatic nitrogens is 2. The zero-order valence-electron chi connectivity index (χ0n) is 13.9. The summed E-state index contributed by atoms with van der Waals surface area (Å²) in [4.78, 5) is 6.77. The molecule has 0 saturated heterocycles. The molecule has 2 aromatic rings. The van der Waals surface area contributed by atoms with Crippen molar-refractivity contribution in [2.24, 2.45) is 0 Å². The molecular formula is C18H25N3O2. The van der Waals surface area contributed by atoms with E-state index in [2.05, 4.69) is 33.2 Å². The molecule has 2 rings (SSSR count). The summed E-state index contributed by atoms with van der Waals surface area (Å²) in [5, 5.41) is 0. The predicted molar refractivity (Wildman–Crippen MR) is 91.4 cm³/mol. The van der Waals surface area contributed by atoms with Crippen LogP contribution in [0.5, 0.6) is 5.75 Å². The van der Waals surface area contributed by atoms with Crippen molar-refractivity contribution in [2.45, 2.75) is 19.6 Å². The minimum Gasteiger partial charge on any atom is -0.497 e. The molecule has 0 unspecified atom stereocenters. The van der Waals surface area contributed by atoms with E-state index in [1.165, 1.54) is 5.56 Å². The van der Waals surface area contributed by atoms with Crippen LogP contribution in [0.25, 0.3) is 0 Å². The van der Waals surface area contributed by atoms with Gasteiger partial charge in [-0.25, -0.2) is 4.98 Å². The Morgan fingerprint density at radius 2 is 2.17 bits per heavy atom. The number of methoxy groups -OCH3 is 2. The van der Waals surface area contributed by atoms with Gasteiger partial charge in [-0.1, -0.05) is 18.2 Å². The van der Waals surface area contributed by atoms with Crippen molar-refractivity contribution in [1.29, 1.82) is 0 Å². The van der Waals surface area contributed by atoms with E-state index in [4.69, 9.17) is 9.47 Å². The van der Waals surface area contributed by atoms with Crippen LogP contribution in [-0.2, 0) is 24.4 Å². The fourth-order valence-electron chi connectivity index (χ4n) is 2.48. The first kappa shape index (κ1) is 17.2. The molecule has 124 valence electrons. The third kappa shape index (κ3) is 5.23. The molecule has 0 aliphatic carbocycles. The van der Waals surface area contributed by atoms with Crippen molar-refractivity contribution in [3.63, 3.8) is 0 Å². The number of hydrogen-bond donors (Lipinski definition) is 0. The summed E-state index contributed by atoms with van der Waals surface area (Å²) in [6.45, 7) is 7.74. The Kier molecular flexibility index (Phi) is 6.84. The smallest absolute Gasteiger partial charge is 0.122 e. The quantitative estimate of drug-likeness (QED) is 0.632. The van der Waals surface area contributed by atoms with Crippen molar-refractivity contribution in [3.8, 4) is 5.75 Å². The number of imidazole rings is 1. The van der Waals surface area contributed by atoms with E-state index in [0.29, 0.717) is 6.61 Å². The van der Waals surface area contributed by atoms with E-state index in [1.54, 1.807) is 14.2 Å². The maximum absolute atomic E-state index is 5.30. The fourth-order valence-corrected chi connectivity index (χ4v) is 2.48. The topological polar surface area (TPSA) is 39.5 Å². The number of benzene rings is 1. The second-order valence-corrected chi connectivity index (χ2v) is 5.34. The monoisotopic (exact) mass is 315 g/mol. The lowest BCUT2D eigenvalue weighted by Gasteiger charge is -2.21. The molecule has 23 heavy (non-hydrogen) atoms. The molecule has 0 saturated carbocycles. The van der Waals surface area contributed by atoms with Crippen LogP contribution in [0.15, 0.2) is 49.3 Å². The predicted octanol–water partition coefficient (Wildman–Crippen LogP) is 2.73. The average molecular weight is 315 g/mol. The number of hydrogen-bond acceptors (Lipinski definition) is 4. The van der Waals surface area contributed by atoms with Gasteiger partial charge in [-0.3, -0.25) is 4.90 Å². The van der Waals surface area contributed by atoms with Crippen molar-refractivity contribution in [3.05, 3.63) is 60.7 Å². The summed E-state index contributed by atoms with van der Waals surface area (Å²) < 4.78 is 12.6. The van der Waals surface area contributed by atoms with Gasteiger partial charge in [-0.15, -0.1) is 6.58 Å². The Bertz CT molecular complexity index is 610. The lowest BCUT2D eigenvalue weighted by Crippen LogP contribution is -2.25. The highest BCUT2D eigenvalue weighted by Crippen LogP contribution is 2.15. The molecule has 1 aromatic heterocycles. The van der Waals surface area contributed by atoms with Gasteiger partial charge in [0.15, 0.2) is 0 Å². The van der Waals surface area contributed by atoms with Crippen LogP contribution in [0.4, 0.5) is 0 Å². The second-order valence-electron chi connectivity index (χ2n) is 5.34. The summed E-state index contributed by atoms with van der Waals surface area (Å²) in [6, 6.07) is 8.14. The molecule has 1 aromatic carbocycles. The van der Waals surface area contributed by atoms with E-state index < -0.39 is 0 Å². The Hall–Kier alpha value is -2.11. The molecule has 0 aliphatic rings. The van der Waals surface area contributed by atoms with Crippen LogP contribution in [0.3, 0.4) is 0 Å². The van der Waals surface area contributed by atoms with Gasteiger partial charge in [-0.2, -0.15) is 0 Å². The van der Waals surface area contributed by atoms with E-state index >= 15 is 0 Å². The van der Waals surface area contributed by atoms with Gasteiger partial charge < -0.3 is 14.0 Å². The minimum atomic E-state index is 0.681.